The second kappa shape index (κ2) is 11.5. The van der Waals surface area contributed by atoms with E-state index in [2.05, 4.69) is 20.8 Å². The minimum Gasteiger partial charge on any atom is -0.494 e. The number of ether oxygens (including phenoxy) is 1. The fourth-order valence-electron chi connectivity index (χ4n) is 3.06. The van der Waals surface area contributed by atoms with Gasteiger partial charge in [0.1, 0.15) is 5.75 Å². The number of hydrogen-bond donors (Lipinski definition) is 2. The Hall–Kier alpha value is -3.33. The summed E-state index contributed by atoms with van der Waals surface area (Å²) in [4.78, 5) is 24.2. The molecule has 9 heteroatoms. The van der Waals surface area contributed by atoms with Crippen molar-refractivity contribution in [2.45, 2.75) is 32.9 Å². The number of aromatic nitrogens is 3. The normalized spacial score (nSPS) is 10.8. The van der Waals surface area contributed by atoms with E-state index in [0.29, 0.717) is 30.1 Å². The average molecular weight is 468 g/mol. The number of benzene rings is 2. The van der Waals surface area contributed by atoms with E-state index in [1.165, 1.54) is 11.8 Å². The van der Waals surface area contributed by atoms with Crippen LogP contribution in [0.15, 0.2) is 53.7 Å². The van der Waals surface area contributed by atoms with E-state index in [-0.39, 0.29) is 5.75 Å². The van der Waals surface area contributed by atoms with Gasteiger partial charge in [0.15, 0.2) is 11.0 Å². The molecule has 0 unspecified atom stereocenters. The van der Waals surface area contributed by atoms with E-state index in [1.807, 2.05) is 80.8 Å². The molecule has 0 radical (unpaired) electrons. The predicted molar refractivity (Wildman–Crippen MR) is 130 cm³/mol. The zero-order valence-corrected chi connectivity index (χ0v) is 20.1. The van der Waals surface area contributed by atoms with Crippen LogP contribution in [0.2, 0.25) is 0 Å². The van der Waals surface area contributed by atoms with E-state index in [9.17, 15) is 9.59 Å². The molecule has 0 atom stereocenters. The first-order chi connectivity index (χ1) is 15.9. The lowest BCUT2D eigenvalue weighted by Crippen LogP contribution is -2.41. The first-order valence-corrected chi connectivity index (χ1v) is 11.8. The number of thioether (sulfide) groups is 1. The third-order valence-electron chi connectivity index (χ3n) is 4.57. The van der Waals surface area contributed by atoms with Crippen molar-refractivity contribution in [2.24, 2.45) is 5.92 Å². The van der Waals surface area contributed by atoms with Crippen molar-refractivity contribution in [1.82, 2.24) is 25.4 Å². The lowest BCUT2D eigenvalue weighted by atomic mass is 10.1. The maximum atomic E-state index is 12.3. The molecule has 0 aliphatic heterocycles. The summed E-state index contributed by atoms with van der Waals surface area (Å²) in [6.45, 7) is 9.01. The van der Waals surface area contributed by atoms with Crippen molar-refractivity contribution in [3.8, 4) is 22.8 Å². The Kier molecular flexibility index (Phi) is 8.48. The summed E-state index contributed by atoms with van der Waals surface area (Å²) < 4.78 is 7.46. The minimum absolute atomic E-state index is 0.0259. The molecule has 0 aliphatic rings. The first-order valence-electron chi connectivity index (χ1n) is 10.8. The number of nitrogens with zero attached hydrogens (tertiary/aromatic N) is 3. The minimum atomic E-state index is -0.497. The van der Waals surface area contributed by atoms with Crippen LogP contribution in [0.25, 0.3) is 17.1 Å². The van der Waals surface area contributed by atoms with Crippen LogP contribution in [0, 0.1) is 12.8 Å². The standard InChI is InChI=1S/C24H29N5O3S/c1-5-32-20-11-9-19(10-12-20)29-22(18-8-6-7-17(4)13-18)27-28-24(29)33-15-21(30)26-23(31)25-14-16(2)3/h6-13,16H,5,14-15H2,1-4H3,(H2,25,26,30,31). The molecule has 1 aromatic heterocycles. The number of urea groups is 1. The molecule has 3 aromatic rings. The van der Waals surface area contributed by atoms with Crippen molar-refractivity contribution in [2.75, 3.05) is 18.9 Å². The number of hydrogen-bond acceptors (Lipinski definition) is 6. The molecule has 3 rings (SSSR count). The van der Waals surface area contributed by atoms with Crippen molar-refractivity contribution in [3.63, 3.8) is 0 Å². The van der Waals surface area contributed by atoms with Crippen molar-refractivity contribution in [3.05, 3.63) is 54.1 Å². The van der Waals surface area contributed by atoms with Gasteiger partial charge >= 0.3 is 6.03 Å². The Labute approximate surface area is 198 Å². The van der Waals surface area contributed by atoms with Crippen LogP contribution in [-0.2, 0) is 4.79 Å². The molecule has 3 amide bonds. The Balaban J connectivity index is 1.82. The zero-order valence-electron chi connectivity index (χ0n) is 19.3. The van der Waals surface area contributed by atoms with Crippen LogP contribution in [0.4, 0.5) is 4.79 Å². The van der Waals surface area contributed by atoms with Crippen LogP contribution in [0.3, 0.4) is 0 Å². The molecular formula is C24H29N5O3S. The fourth-order valence-corrected chi connectivity index (χ4v) is 3.81. The summed E-state index contributed by atoms with van der Waals surface area (Å²) in [6, 6.07) is 15.1. The van der Waals surface area contributed by atoms with Gasteiger partial charge in [0.2, 0.25) is 5.91 Å². The highest BCUT2D eigenvalue weighted by atomic mass is 32.2. The number of carbonyl (C=O) groups is 2. The highest BCUT2D eigenvalue weighted by Gasteiger charge is 2.18. The van der Waals surface area contributed by atoms with Gasteiger partial charge in [-0.1, -0.05) is 49.4 Å². The summed E-state index contributed by atoms with van der Waals surface area (Å²) in [6.07, 6.45) is 0. The molecule has 0 saturated heterocycles. The van der Waals surface area contributed by atoms with E-state index < -0.39 is 11.9 Å². The summed E-state index contributed by atoms with van der Waals surface area (Å²) in [7, 11) is 0. The maximum Gasteiger partial charge on any atom is 0.321 e. The number of imide groups is 1. The Morgan fingerprint density at radius 3 is 2.55 bits per heavy atom. The Morgan fingerprint density at radius 1 is 1.12 bits per heavy atom. The van der Waals surface area contributed by atoms with E-state index in [0.717, 1.165) is 22.6 Å². The number of carbonyl (C=O) groups excluding carboxylic acids is 2. The zero-order chi connectivity index (χ0) is 23.8. The topological polar surface area (TPSA) is 98.1 Å². The first kappa shape index (κ1) is 24.3. The van der Waals surface area contributed by atoms with Crippen LogP contribution >= 0.6 is 11.8 Å². The lowest BCUT2D eigenvalue weighted by Gasteiger charge is -2.12. The van der Waals surface area contributed by atoms with Gasteiger partial charge in [0, 0.05) is 17.8 Å². The molecular weight excluding hydrogens is 438 g/mol. The van der Waals surface area contributed by atoms with Gasteiger partial charge in [0.05, 0.1) is 12.4 Å². The molecule has 2 aromatic carbocycles. The van der Waals surface area contributed by atoms with Crippen LogP contribution < -0.4 is 15.4 Å². The largest absolute Gasteiger partial charge is 0.494 e. The average Bonchev–Trinajstić information content (AvgIpc) is 3.21. The van der Waals surface area contributed by atoms with E-state index >= 15 is 0 Å². The summed E-state index contributed by atoms with van der Waals surface area (Å²) >= 11 is 1.22. The number of amides is 3. The van der Waals surface area contributed by atoms with Crippen molar-refractivity contribution < 1.29 is 14.3 Å². The van der Waals surface area contributed by atoms with Gasteiger partial charge in [-0.05, 0) is 50.1 Å². The molecule has 33 heavy (non-hydrogen) atoms. The Bertz CT molecular complexity index is 1100. The van der Waals surface area contributed by atoms with Gasteiger partial charge in [-0.25, -0.2) is 4.79 Å². The highest BCUT2D eigenvalue weighted by Crippen LogP contribution is 2.29. The molecule has 0 aliphatic carbocycles. The third kappa shape index (κ3) is 6.82. The molecule has 0 spiro atoms. The maximum absolute atomic E-state index is 12.3. The number of aryl methyl sites for hydroxylation is 1. The van der Waals surface area contributed by atoms with Crippen molar-refractivity contribution >= 4 is 23.7 Å². The summed E-state index contributed by atoms with van der Waals surface area (Å²) in [5.74, 6) is 1.36. The molecule has 0 bridgehead atoms. The van der Waals surface area contributed by atoms with Gasteiger partial charge < -0.3 is 10.1 Å². The van der Waals surface area contributed by atoms with E-state index in [4.69, 9.17) is 4.74 Å². The predicted octanol–water partition coefficient (Wildman–Crippen LogP) is 4.22. The molecule has 0 fully saturated rings. The highest BCUT2D eigenvalue weighted by molar-refractivity contribution is 7.99. The number of nitrogens with one attached hydrogen (secondary N) is 2. The second-order valence-electron chi connectivity index (χ2n) is 7.88. The van der Waals surface area contributed by atoms with E-state index in [1.54, 1.807) is 0 Å². The molecule has 8 nitrogen and oxygen atoms in total. The van der Waals surface area contributed by atoms with Crippen LogP contribution in [0.5, 0.6) is 5.75 Å². The second-order valence-corrected chi connectivity index (χ2v) is 8.82. The van der Waals surface area contributed by atoms with Gasteiger partial charge in [0.25, 0.3) is 0 Å². The smallest absolute Gasteiger partial charge is 0.321 e. The monoisotopic (exact) mass is 467 g/mol. The molecule has 174 valence electrons. The van der Waals surface area contributed by atoms with Gasteiger partial charge in [-0.3, -0.25) is 14.7 Å². The SMILES string of the molecule is CCOc1ccc(-n2c(SCC(=O)NC(=O)NCC(C)C)nnc2-c2cccc(C)c2)cc1. The van der Waals surface area contributed by atoms with Crippen LogP contribution in [-0.4, -0.2) is 45.6 Å². The van der Waals surface area contributed by atoms with Crippen molar-refractivity contribution in [1.29, 1.82) is 0 Å². The quantitative estimate of drug-likeness (QED) is 0.458. The Morgan fingerprint density at radius 2 is 1.88 bits per heavy atom. The number of rotatable bonds is 9. The van der Waals surface area contributed by atoms with Gasteiger partial charge in [-0.2, -0.15) is 0 Å². The summed E-state index contributed by atoms with van der Waals surface area (Å²) in [5.41, 5.74) is 2.87. The third-order valence-corrected chi connectivity index (χ3v) is 5.50. The summed E-state index contributed by atoms with van der Waals surface area (Å²) in [5, 5.41) is 14.3. The van der Waals surface area contributed by atoms with Crippen LogP contribution in [0.1, 0.15) is 26.3 Å². The lowest BCUT2D eigenvalue weighted by molar-refractivity contribution is -0.117. The fraction of sp³-hybridized carbons (Fsp3) is 0.333. The molecule has 1 heterocycles. The molecule has 0 saturated carbocycles. The van der Waals surface area contributed by atoms with Gasteiger partial charge in [-0.15, -0.1) is 10.2 Å². The molecule has 2 N–H and O–H groups in total.